The molecule has 26 heavy (non-hydrogen) atoms. The predicted octanol–water partition coefficient (Wildman–Crippen LogP) is 4.30. The number of nitrogens with one attached hydrogen (secondary N) is 1. The maximum absolute atomic E-state index is 13.3. The molecule has 0 saturated heterocycles. The Morgan fingerprint density at radius 1 is 1.27 bits per heavy atom. The number of aromatic nitrogens is 3. The smallest absolute Gasteiger partial charge is 0.248 e. The second-order valence-corrected chi connectivity index (χ2v) is 7.27. The molecule has 5 nitrogen and oxygen atoms in total. The van der Waals surface area contributed by atoms with Gasteiger partial charge in [-0.05, 0) is 43.8 Å². The normalized spacial score (nSPS) is 20.7. The number of halogens is 2. The molecule has 2 aliphatic carbocycles. The van der Waals surface area contributed by atoms with Crippen molar-refractivity contribution < 1.29 is 18.3 Å². The quantitative estimate of drug-likeness (QED) is 0.779. The van der Waals surface area contributed by atoms with E-state index in [0.717, 1.165) is 18.4 Å². The van der Waals surface area contributed by atoms with Crippen molar-refractivity contribution in [3.05, 3.63) is 24.2 Å². The first kappa shape index (κ1) is 17.1. The van der Waals surface area contributed by atoms with Crippen LogP contribution in [-0.4, -0.2) is 32.8 Å². The molecule has 4 rings (SSSR count). The number of aromatic amines is 1. The number of ketones is 1. The number of nitrogens with zero attached hydrogens (tertiary/aromatic N) is 2. The average molecular weight is 361 g/mol. The molecule has 2 aromatic heterocycles. The van der Waals surface area contributed by atoms with Crippen LogP contribution >= 0.6 is 0 Å². The number of fused-ring (bicyclic) bond motifs is 1. The zero-order chi connectivity index (χ0) is 18.1. The molecule has 0 radical (unpaired) electrons. The second kappa shape index (κ2) is 6.78. The number of carbonyl (C=O) groups is 1. The maximum atomic E-state index is 13.3. The number of carbonyl (C=O) groups excluding carboxylic acids is 1. The summed E-state index contributed by atoms with van der Waals surface area (Å²) in [6, 6.07) is 0. The lowest BCUT2D eigenvalue weighted by molar-refractivity contribution is -0.114. The first-order valence-corrected chi connectivity index (χ1v) is 9.08. The summed E-state index contributed by atoms with van der Waals surface area (Å²) in [6.07, 6.45) is 9.32. The largest absolute Gasteiger partial charge is 0.474 e. The summed E-state index contributed by atoms with van der Waals surface area (Å²) < 4.78 is 32.6. The second-order valence-electron chi connectivity index (χ2n) is 7.27. The molecule has 2 heterocycles. The molecule has 1 N–H and O–H groups in total. The molecule has 138 valence electrons. The lowest BCUT2D eigenvalue weighted by Crippen LogP contribution is -2.31. The van der Waals surface area contributed by atoms with Gasteiger partial charge in [0.2, 0.25) is 11.8 Å². The van der Waals surface area contributed by atoms with Gasteiger partial charge in [-0.2, -0.15) is 0 Å². The van der Waals surface area contributed by atoms with Crippen LogP contribution in [0.3, 0.4) is 0 Å². The summed E-state index contributed by atoms with van der Waals surface area (Å²) in [5.41, 5.74) is 1.37. The fourth-order valence-electron chi connectivity index (χ4n) is 3.32. The molecule has 0 unspecified atom stereocenters. The summed E-state index contributed by atoms with van der Waals surface area (Å²) in [4.78, 5) is 23.4. The van der Waals surface area contributed by atoms with Crippen molar-refractivity contribution in [1.82, 2.24) is 15.0 Å². The number of allylic oxidation sites excluding steroid dienone is 1. The van der Waals surface area contributed by atoms with E-state index in [1.54, 1.807) is 18.3 Å². The summed E-state index contributed by atoms with van der Waals surface area (Å²) in [7, 11) is 0. The van der Waals surface area contributed by atoms with E-state index < -0.39 is 5.92 Å². The van der Waals surface area contributed by atoms with Crippen LogP contribution in [-0.2, 0) is 4.79 Å². The van der Waals surface area contributed by atoms with Gasteiger partial charge in [0.15, 0.2) is 5.78 Å². The Bertz CT molecular complexity index is 832. The van der Waals surface area contributed by atoms with Crippen LogP contribution in [0.5, 0.6) is 5.88 Å². The van der Waals surface area contributed by atoms with Gasteiger partial charge in [0.25, 0.3) is 0 Å². The first-order valence-electron chi connectivity index (χ1n) is 9.08. The van der Waals surface area contributed by atoms with Gasteiger partial charge in [0.05, 0.1) is 5.39 Å². The molecule has 2 saturated carbocycles. The van der Waals surface area contributed by atoms with E-state index in [1.165, 1.54) is 6.33 Å². The molecule has 2 fully saturated rings. The van der Waals surface area contributed by atoms with Gasteiger partial charge in [-0.15, -0.1) is 0 Å². The Balaban J connectivity index is 1.52. The molecular formula is C19H21F2N3O2. The van der Waals surface area contributed by atoms with Gasteiger partial charge in [-0.1, -0.05) is 0 Å². The van der Waals surface area contributed by atoms with Crippen molar-refractivity contribution in [2.45, 2.75) is 57.0 Å². The summed E-state index contributed by atoms with van der Waals surface area (Å²) in [5.74, 6) is -1.57. The number of hydrogen-bond acceptors (Lipinski definition) is 4. The molecule has 0 spiro atoms. The van der Waals surface area contributed by atoms with E-state index in [2.05, 4.69) is 15.0 Å². The van der Waals surface area contributed by atoms with Crippen molar-refractivity contribution in [3.8, 4) is 5.88 Å². The van der Waals surface area contributed by atoms with E-state index >= 15 is 0 Å². The van der Waals surface area contributed by atoms with Gasteiger partial charge < -0.3 is 9.72 Å². The monoisotopic (exact) mass is 361 g/mol. The summed E-state index contributed by atoms with van der Waals surface area (Å²) in [6.45, 7) is 0. The third kappa shape index (κ3) is 3.92. The van der Waals surface area contributed by atoms with Crippen LogP contribution in [0, 0.1) is 5.92 Å². The Morgan fingerprint density at radius 3 is 2.77 bits per heavy atom. The molecule has 2 aliphatic rings. The molecule has 0 amide bonds. The zero-order valence-electron chi connectivity index (χ0n) is 14.4. The van der Waals surface area contributed by atoms with Crippen molar-refractivity contribution in [2.75, 3.05) is 0 Å². The molecule has 7 heteroatoms. The van der Waals surface area contributed by atoms with Crippen molar-refractivity contribution in [3.63, 3.8) is 0 Å². The lowest BCUT2D eigenvalue weighted by atomic mass is 9.94. The maximum Gasteiger partial charge on any atom is 0.248 e. The number of rotatable bonds is 6. The Labute approximate surface area is 149 Å². The van der Waals surface area contributed by atoms with Crippen LogP contribution in [0.15, 0.2) is 18.6 Å². The highest BCUT2D eigenvalue weighted by Gasteiger charge is 2.36. The molecule has 0 aromatic carbocycles. The fourth-order valence-corrected chi connectivity index (χ4v) is 3.32. The lowest BCUT2D eigenvalue weighted by Gasteiger charge is -2.28. The zero-order valence-corrected chi connectivity index (χ0v) is 14.4. The molecule has 2 aromatic rings. The Hall–Kier alpha value is -2.31. The van der Waals surface area contributed by atoms with Crippen molar-refractivity contribution in [1.29, 1.82) is 0 Å². The van der Waals surface area contributed by atoms with E-state index in [0.29, 0.717) is 42.1 Å². The number of ether oxygens (including phenoxy) is 1. The number of H-pyrrole nitrogens is 1. The van der Waals surface area contributed by atoms with Crippen LogP contribution in [0.1, 0.15) is 50.5 Å². The highest BCUT2D eigenvalue weighted by Crippen LogP contribution is 2.36. The number of alkyl halides is 2. The van der Waals surface area contributed by atoms with Gasteiger partial charge in [0, 0.05) is 31.0 Å². The van der Waals surface area contributed by atoms with E-state index in [1.807, 2.05) is 0 Å². The van der Waals surface area contributed by atoms with Crippen molar-refractivity contribution >= 4 is 22.9 Å². The SMILES string of the molecule is O=C(/C=C/c1c[nH]c2ncnc(OC3CCC(F)(F)CC3)c12)CC1CC1. The van der Waals surface area contributed by atoms with Crippen LogP contribution in [0.2, 0.25) is 0 Å². The predicted molar refractivity (Wildman–Crippen MR) is 93.1 cm³/mol. The summed E-state index contributed by atoms with van der Waals surface area (Å²) in [5, 5.41) is 0.681. The molecule has 0 atom stereocenters. The van der Waals surface area contributed by atoms with Crippen LogP contribution in [0.4, 0.5) is 8.78 Å². The highest BCUT2D eigenvalue weighted by molar-refractivity contribution is 5.98. The Kier molecular flexibility index (Phi) is 4.46. The van der Waals surface area contributed by atoms with Gasteiger partial charge >= 0.3 is 0 Å². The van der Waals surface area contributed by atoms with Crippen molar-refractivity contribution in [2.24, 2.45) is 5.92 Å². The van der Waals surface area contributed by atoms with Crippen LogP contribution < -0.4 is 4.74 Å². The average Bonchev–Trinajstić information content (AvgIpc) is 3.32. The topological polar surface area (TPSA) is 67.9 Å². The summed E-state index contributed by atoms with van der Waals surface area (Å²) >= 11 is 0. The Morgan fingerprint density at radius 2 is 2.04 bits per heavy atom. The highest BCUT2D eigenvalue weighted by atomic mass is 19.3. The van der Waals surface area contributed by atoms with Gasteiger partial charge in [0.1, 0.15) is 18.1 Å². The molecule has 0 bridgehead atoms. The molecule has 0 aliphatic heterocycles. The first-order chi connectivity index (χ1) is 12.5. The minimum absolute atomic E-state index is 0.107. The standard InChI is InChI=1S/C19H21F2N3O2/c20-19(21)7-5-15(6-8-19)26-18-16-13(10-22-17(16)23-11-24-18)3-4-14(25)9-12-1-2-12/h3-4,10-12,15H,1-2,5-9H2,(H,22,23,24)/b4-3+. The minimum atomic E-state index is -2.59. The van der Waals surface area contributed by atoms with Crippen LogP contribution in [0.25, 0.3) is 17.1 Å². The molecular weight excluding hydrogens is 340 g/mol. The fraction of sp³-hybridized carbons (Fsp3) is 0.526. The van der Waals surface area contributed by atoms with Gasteiger partial charge in [-0.25, -0.2) is 18.7 Å². The van der Waals surface area contributed by atoms with Gasteiger partial charge in [-0.3, -0.25) is 4.79 Å². The van der Waals surface area contributed by atoms with E-state index in [-0.39, 0.29) is 24.7 Å². The van der Waals surface area contributed by atoms with E-state index in [4.69, 9.17) is 4.74 Å². The third-order valence-electron chi connectivity index (χ3n) is 5.04. The minimum Gasteiger partial charge on any atom is -0.474 e. The number of hydrogen-bond donors (Lipinski definition) is 1. The third-order valence-corrected chi connectivity index (χ3v) is 5.04. The van der Waals surface area contributed by atoms with E-state index in [9.17, 15) is 13.6 Å².